The molecule has 0 radical (unpaired) electrons. The molecule has 154 valence electrons. The van der Waals surface area contributed by atoms with Crippen LogP contribution in [0.5, 0.6) is 11.5 Å². The number of aryl methyl sites for hydroxylation is 1. The van der Waals surface area contributed by atoms with Gasteiger partial charge in [-0.1, -0.05) is 24.3 Å². The van der Waals surface area contributed by atoms with Crippen molar-refractivity contribution in [3.8, 4) is 17.6 Å². The molecule has 1 aromatic heterocycles. The molecule has 5 nitrogen and oxygen atoms in total. The first-order valence-electron chi connectivity index (χ1n) is 9.69. The van der Waals surface area contributed by atoms with E-state index in [1.54, 1.807) is 37.5 Å². The minimum absolute atomic E-state index is 0.285. The van der Waals surface area contributed by atoms with E-state index in [9.17, 15) is 9.65 Å². The number of nitrogens with one attached hydrogen (secondary N) is 1. The maximum absolute atomic E-state index is 13.1. The van der Waals surface area contributed by atoms with E-state index in [2.05, 4.69) is 16.0 Å². The fourth-order valence-corrected chi connectivity index (χ4v) is 3.21. The zero-order valence-electron chi connectivity index (χ0n) is 17.1. The third-order valence-corrected chi connectivity index (χ3v) is 4.82. The molecule has 0 atom stereocenters. The maximum Gasteiger partial charge on any atom is 0.161 e. The highest BCUT2D eigenvalue weighted by molar-refractivity contribution is 5.90. The Kier molecular flexibility index (Phi) is 5.67. The van der Waals surface area contributed by atoms with Crippen LogP contribution in [0.15, 0.2) is 60.7 Å². The monoisotopic (exact) mass is 413 g/mol. The molecule has 0 amide bonds. The molecule has 0 aliphatic carbocycles. The van der Waals surface area contributed by atoms with E-state index in [0.717, 1.165) is 27.7 Å². The van der Waals surface area contributed by atoms with Gasteiger partial charge in [0.05, 0.1) is 23.7 Å². The number of ether oxygens (including phenoxy) is 2. The lowest BCUT2D eigenvalue weighted by atomic mass is 10.1. The van der Waals surface area contributed by atoms with Crippen LogP contribution in [0.1, 0.15) is 22.5 Å². The topological polar surface area (TPSA) is 70.9 Å². The lowest BCUT2D eigenvalue weighted by molar-refractivity contribution is 0.284. The SMILES string of the molecule is COc1cc(C=C(C#N)c2nc3ccc(C)cc3[nH]2)ccc1OCc1ccc(F)cc1. The summed E-state index contributed by atoms with van der Waals surface area (Å²) in [6.07, 6.45) is 1.75. The predicted octanol–water partition coefficient (Wildman–Crippen LogP) is 5.66. The first-order valence-corrected chi connectivity index (χ1v) is 9.69. The van der Waals surface area contributed by atoms with Gasteiger partial charge in [0, 0.05) is 0 Å². The van der Waals surface area contributed by atoms with Crippen LogP contribution < -0.4 is 9.47 Å². The zero-order valence-corrected chi connectivity index (χ0v) is 17.1. The Labute approximate surface area is 179 Å². The molecular formula is C25H20FN3O2. The summed E-state index contributed by atoms with van der Waals surface area (Å²) in [5.74, 6) is 1.32. The molecule has 0 spiro atoms. The third kappa shape index (κ3) is 4.57. The number of aromatic amines is 1. The van der Waals surface area contributed by atoms with Crippen LogP contribution in [0.25, 0.3) is 22.7 Å². The molecule has 0 saturated carbocycles. The Morgan fingerprint density at radius 2 is 1.90 bits per heavy atom. The Balaban J connectivity index is 1.58. The standard InChI is InChI=1S/C25H20FN3O2/c1-16-3-9-21-22(11-16)29-25(28-21)19(14-27)12-18-6-10-23(24(13-18)30-2)31-15-17-4-7-20(26)8-5-17/h3-13H,15H2,1-2H3,(H,28,29). The number of methoxy groups -OCH3 is 1. The molecule has 0 aliphatic heterocycles. The number of fused-ring (bicyclic) bond motifs is 1. The van der Waals surface area contributed by atoms with E-state index in [1.807, 2.05) is 31.2 Å². The van der Waals surface area contributed by atoms with E-state index < -0.39 is 0 Å². The summed E-state index contributed by atoms with van der Waals surface area (Å²) in [5, 5.41) is 9.67. The molecular weight excluding hydrogens is 393 g/mol. The molecule has 1 heterocycles. The summed E-state index contributed by atoms with van der Waals surface area (Å²) >= 11 is 0. The lowest BCUT2D eigenvalue weighted by Gasteiger charge is -2.11. The van der Waals surface area contributed by atoms with Crippen molar-refractivity contribution >= 4 is 22.7 Å². The highest BCUT2D eigenvalue weighted by Crippen LogP contribution is 2.30. The summed E-state index contributed by atoms with van der Waals surface area (Å²) in [6.45, 7) is 2.29. The Hall–Kier alpha value is -4.11. The van der Waals surface area contributed by atoms with Crippen molar-refractivity contribution < 1.29 is 13.9 Å². The molecule has 0 bridgehead atoms. The molecule has 0 fully saturated rings. The van der Waals surface area contributed by atoms with E-state index in [0.29, 0.717) is 22.9 Å². The number of nitrogens with zero attached hydrogens (tertiary/aromatic N) is 2. The molecule has 0 unspecified atom stereocenters. The number of benzene rings is 3. The number of imidazole rings is 1. The molecule has 0 aliphatic rings. The fraction of sp³-hybridized carbons (Fsp3) is 0.120. The molecule has 4 aromatic rings. The van der Waals surface area contributed by atoms with Crippen LogP contribution >= 0.6 is 0 Å². The molecule has 3 aromatic carbocycles. The van der Waals surface area contributed by atoms with Crippen LogP contribution in [0.4, 0.5) is 4.39 Å². The minimum atomic E-state index is -0.287. The van der Waals surface area contributed by atoms with Crippen molar-refractivity contribution in [2.45, 2.75) is 13.5 Å². The van der Waals surface area contributed by atoms with Gasteiger partial charge in [-0.3, -0.25) is 0 Å². The molecule has 4 rings (SSSR count). The van der Waals surface area contributed by atoms with Gasteiger partial charge in [0.1, 0.15) is 24.3 Å². The summed E-state index contributed by atoms with van der Waals surface area (Å²) < 4.78 is 24.3. The Morgan fingerprint density at radius 1 is 1.10 bits per heavy atom. The van der Waals surface area contributed by atoms with Crippen molar-refractivity contribution in [2.24, 2.45) is 0 Å². The summed E-state index contributed by atoms with van der Waals surface area (Å²) in [4.78, 5) is 7.73. The van der Waals surface area contributed by atoms with Gasteiger partial charge in [0.2, 0.25) is 0 Å². The van der Waals surface area contributed by atoms with Crippen LogP contribution in [-0.4, -0.2) is 17.1 Å². The van der Waals surface area contributed by atoms with Gasteiger partial charge in [-0.05, 0) is 66.1 Å². The summed E-state index contributed by atoms with van der Waals surface area (Å²) in [5.41, 5.74) is 4.85. The van der Waals surface area contributed by atoms with Crippen molar-refractivity contribution in [1.29, 1.82) is 5.26 Å². The van der Waals surface area contributed by atoms with Gasteiger partial charge in [-0.15, -0.1) is 0 Å². The number of allylic oxidation sites excluding steroid dienone is 1. The quantitative estimate of drug-likeness (QED) is 0.414. The van der Waals surface area contributed by atoms with E-state index in [4.69, 9.17) is 9.47 Å². The normalized spacial score (nSPS) is 11.4. The van der Waals surface area contributed by atoms with E-state index in [1.165, 1.54) is 12.1 Å². The number of aromatic nitrogens is 2. The van der Waals surface area contributed by atoms with Crippen molar-refractivity contribution in [3.05, 3.63) is 89.0 Å². The average molecular weight is 413 g/mol. The maximum atomic E-state index is 13.1. The second kappa shape index (κ2) is 8.72. The number of hydrogen-bond acceptors (Lipinski definition) is 4. The number of rotatable bonds is 6. The van der Waals surface area contributed by atoms with Crippen LogP contribution in [0, 0.1) is 24.1 Å². The van der Waals surface area contributed by atoms with Crippen molar-refractivity contribution in [1.82, 2.24) is 9.97 Å². The largest absolute Gasteiger partial charge is 0.493 e. The van der Waals surface area contributed by atoms with Gasteiger partial charge in [-0.2, -0.15) is 5.26 Å². The van der Waals surface area contributed by atoms with Gasteiger partial charge in [0.15, 0.2) is 11.5 Å². The number of H-pyrrole nitrogens is 1. The fourth-order valence-electron chi connectivity index (χ4n) is 3.21. The zero-order chi connectivity index (χ0) is 21.8. The van der Waals surface area contributed by atoms with Crippen LogP contribution in [0.2, 0.25) is 0 Å². The van der Waals surface area contributed by atoms with Gasteiger partial charge < -0.3 is 14.5 Å². The Morgan fingerprint density at radius 3 is 2.65 bits per heavy atom. The summed E-state index contributed by atoms with van der Waals surface area (Å²) in [7, 11) is 1.56. The lowest BCUT2D eigenvalue weighted by Crippen LogP contribution is -1.98. The molecule has 6 heteroatoms. The van der Waals surface area contributed by atoms with Gasteiger partial charge >= 0.3 is 0 Å². The highest BCUT2D eigenvalue weighted by Gasteiger charge is 2.10. The highest BCUT2D eigenvalue weighted by atomic mass is 19.1. The Bertz CT molecular complexity index is 1300. The first kappa shape index (κ1) is 20.2. The van der Waals surface area contributed by atoms with Gasteiger partial charge in [-0.25, -0.2) is 9.37 Å². The number of halogens is 1. The van der Waals surface area contributed by atoms with Crippen molar-refractivity contribution in [2.75, 3.05) is 7.11 Å². The first-order chi connectivity index (χ1) is 15.1. The smallest absolute Gasteiger partial charge is 0.161 e. The van der Waals surface area contributed by atoms with Gasteiger partial charge in [0.25, 0.3) is 0 Å². The molecule has 1 N–H and O–H groups in total. The van der Waals surface area contributed by atoms with E-state index in [-0.39, 0.29) is 12.4 Å². The number of hydrogen-bond donors (Lipinski definition) is 1. The third-order valence-electron chi connectivity index (χ3n) is 4.82. The summed E-state index contributed by atoms with van der Waals surface area (Å²) in [6, 6.07) is 19.7. The molecule has 0 saturated heterocycles. The van der Waals surface area contributed by atoms with Crippen molar-refractivity contribution in [3.63, 3.8) is 0 Å². The van der Waals surface area contributed by atoms with E-state index >= 15 is 0 Å². The predicted molar refractivity (Wildman–Crippen MR) is 118 cm³/mol. The molecule has 31 heavy (non-hydrogen) atoms. The minimum Gasteiger partial charge on any atom is -0.493 e. The number of nitriles is 1. The van der Waals surface area contributed by atoms with Crippen LogP contribution in [0.3, 0.4) is 0 Å². The average Bonchev–Trinajstić information content (AvgIpc) is 3.20. The second-order valence-corrected chi connectivity index (χ2v) is 7.10. The van der Waals surface area contributed by atoms with Crippen LogP contribution in [-0.2, 0) is 6.61 Å². The second-order valence-electron chi connectivity index (χ2n) is 7.10.